The number of methoxy groups -OCH3 is 1. The highest BCUT2D eigenvalue weighted by Crippen LogP contribution is 2.37. The predicted octanol–water partition coefficient (Wildman–Crippen LogP) is 4.85. The summed E-state index contributed by atoms with van der Waals surface area (Å²) >= 11 is 0. The Kier molecular flexibility index (Phi) is 6.80. The highest BCUT2D eigenvalue weighted by molar-refractivity contribution is 6.09. The molecule has 0 aliphatic rings. The first kappa shape index (κ1) is 22.5. The molecule has 1 atom stereocenters. The fraction of sp³-hybridized carbons (Fsp3) is 0.111. The van der Waals surface area contributed by atoms with Crippen molar-refractivity contribution in [1.82, 2.24) is 15.3 Å². The summed E-state index contributed by atoms with van der Waals surface area (Å²) in [5.74, 6) is -0.977. The van der Waals surface area contributed by atoms with E-state index in [1.807, 2.05) is 60.7 Å². The van der Waals surface area contributed by atoms with E-state index in [2.05, 4.69) is 20.1 Å². The fourth-order valence-electron chi connectivity index (χ4n) is 3.82. The lowest BCUT2D eigenvalue weighted by Crippen LogP contribution is -2.43. The maximum atomic E-state index is 13.8. The number of carbonyl (C=O) groups is 2. The highest BCUT2D eigenvalue weighted by atomic mass is 16.5. The Balaban J connectivity index is 1.85. The average molecular weight is 452 g/mol. The second kappa shape index (κ2) is 10.3. The lowest BCUT2D eigenvalue weighted by Gasteiger charge is -2.19. The van der Waals surface area contributed by atoms with Gasteiger partial charge in [-0.1, -0.05) is 60.7 Å². The number of rotatable bonds is 7. The van der Waals surface area contributed by atoms with Crippen LogP contribution >= 0.6 is 0 Å². The van der Waals surface area contributed by atoms with Crippen molar-refractivity contribution < 1.29 is 14.3 Å². The van der Waals surface area contributed by atoms with Crippen molar-refractivity contribution in [3.63, 3.8) is 0 Å². The number of benzene rings is 3. The van der Waals surface area contributed by atoms with E-state index in [9.17, 15) is 9.59 Å². The molecule has 0 aliphatic heterocycles. The molecule has 2 N–H and O–H groups in total. The van der Waals surface area contributed by atoms with E-state index >= 15 is 0 Å². The number of amides is 1. The molecule has 0 bridgehead atoms. The van der Waals surface area contributed by atoms with Gasteiger partial charge in [0, 0.05) is 41.6 Å². The second-order valence-corrected chi connectivity index (χ2v) is 7.61. The molecule has 0 fully saturated rings. The molecule has 0 saturated heterocycles. The van der Waals surface area contributed by atoms with E-state index in [0.29, 0.717) is 28.1 Å². The van der Waals surface area contributed by atoms with E-state index in [0.717, 1.165) is 11.1 Å². The Morgan fingerprint density at radius 1 is 1.03 bits per heavy atom. The van der Waals surface area contributed by atoms with Gasteiger partial charge in [0.05, 0.1) is 19.0 Å². The van der Waals surface area contributed by atoms with Crippen LogP contribution in [0.4, 0.5) is 5.69 Å². The van der Waals surface area contributed by atoms with Gasteiger partial charge in [0.1, 0.15) is 6.04 Å². The maximum absolute atomic E-state index is 13.8. The minimum atomic E-state index is -0.913. The van der Waals surface area contributed by atoms with Gasteiger partial charge < -0.3 is 15.0 Å². The molecular weight excluding hydrogens is 428 g/mol. The minimum absolute atomic E-state index is 0.204. The molecule has 0 unspecified atom stereocenters. The Hall–Kier alpha value is -4.70. The van der Waals surface area contributed by atoms with Crippen molar-refractivity contribution >= 4 is 17.6 Å². The summed E-state index contributed by atoms with van der Waals surface area (Å²) in [6.07, 6.45) is 3.32. The third kappa shape index (κ3) is 4.87. The third-order valence-electron chi connectivity index (χ3n) is 5.44. The van der Waals surface area contributed by atoms with Crippen LogP contribution in [0.2, 0.25) is 0 Å². The SMILES string of the molecule is C#[N+]c1cc(-c2ccccc2)c(C(=O)N[C@H](Cc2cnc[nH]2)C(=O)OC)c(-c2ccccc2)c1. The summed E-state index contributed by atoms with van der Waals surface area (Å²) in [5, 5.41) is 2.86. The van der Waals surface area contributed by atoms with Crippen molar-refractivity contribution in [2.45, 2.75) is 12.5 Å². The summed E-state index contributed by atoms with van der Waals surface area (Å²) < 4.78 is 4.94. The lowest BCUT2D eigenvalue weighted by atomic mass is 9.90. The normalized spacial score (nSPS) is 11.3. The van der Waals surface area contributed by atoms with Crippen LogP contribution in [0, 0.1) is 6.57 Å². The summed E-state index contributed by atoms with van der Waals surface area (Å²) in [6, 6.07) is 21.6. The van der Waals surface area contributed by atoms with E-state index < -0.39 is 17.9 Å². The molecule has 0 saturated carbocycles. The van der Waals surface area contributed by atoms with Crippen molar-refractivity contribution in [2.75, 3.05) is 7.11 Å². The molecule has 7 nitrogen and oxygen atoms in total. The standard InChI is InChI=1S/C27H22N4O3/c1-28-20-13-22(18-9-5-3-6-10-18)25(23(14-20)19-11-7-4-8-12-19)26(32)31-24(27(33)34-2)15-21-16-29-17-30-21/h1,3-14,16-17,24H,15H2,2H3,(H-,29,30,31,32)/p+1/t24-/m1/s1. The number of esters is 1. The molecule has 0 aliphatic carbocycles. The number of hydrogen-bond donors (Lipinski definition) is 2. The van der Waals surface area contributed by atoms with Gasteiger partial charge in [0.2, 0.25) is 0 Å². The van der Waals surface area contributed by atoms with Crippen LogP contribution in [-0.4, -0.2) is 35.0 Å². The smallest absolute Gasteiger partial charge is 0.341 e. The van der Waals surface area contributed by atoms with Crippen LogP contribution in [0.3, 0.4) is 0 Å². The molecule has 168 valence electrons. The minimum Gasteiger partial charge on any atom is -0.467 e. The van der Waals surface area contributed by atoms with Crippen molar-refractivity contribution in [3.8, 4) is 28.8 Å². The number of hydrogen-bond acceptors (Lipinski definition) is 4. The van der Waals surface area contributed by atoms with E-state index in [4.69, 9.17) is 11.3 Å². The monoisotopic (exact) mass is 451 g/mol. The number of nitrogens with zero attached hydrogens (tertiary/aromatic N) is 2. The zero-order valence-corrected chi connectivity index (χ0v) is 18.6. The van der Waals surface area contributed by atoms with Crippen LogP contribution in [0.25, 0.3) is 27.1 Å². The number of aromatic amines is 1. The topological polar surface area (TPSA) is 88.4 Å². The van der Waals surface area contributed by atoms with Gasteiger partial charge >= 0.3 is 11.7 Å². The Labute approximate surface area is 197 Å². The van der Waals surface area contributed by atoms with E-state index in [-0.39, 0.29) is 6.42 Å². The van der Waals surface area contributed by atoms with Crippen LogP contribution in [0.5, 0.6) is 0 Å². The quantitative estimate of drug-likeness (QED) is 0.393. The first-order chi connectivity index (χ1) is 16.6. The Morgan fingerprint density at radius 3 is 2.09 bits per heavy atom. The molecule has 1 amide bonds. The number of imidazole rings is 1. The average Bonchev–Trinajstić information content (AvgIpc) is 3.41. The van der Waals surface area contributed by atoms with Gasteiger partial charge in [-0.25, -0.2) is 9.78 Å². The van der Waals surface area contributed by atoms with Crippen LogP contribution < -0.4 is 5.32 Å². The third-order valence-corrected chi connectivity index (χ3v) is 5.44. The molecule has 1 aromatic heterocycles. The van der Waals surface area contributed by atoms with Crippen LogP contribution in [0.1, 0.15) is 16.1 Å². The summed E-state index contributed by atoms with van der Waals surface area (Å²) in [5.41, 5.74) is 4.55. The fourth-order valence-corrected chi connectivity index (χ4v) is 3.82. The van der Waals surface area contributed by atoms with Crippen molar-refractivity contribution in [2.24, 2.45) is 0 Å². The first-order valence-corrected chi connectivity index (χ1v) is 10.7. The first-order valence-electron chi connectivity index (χ1n) is 10.7. The molecule has 0 radical (unpaired) electrons. The molecule has 4 rings (SSSR count). The molecule has 3 aromatic carbocycles. The van der Waals surface area contributed by atoms with Gasteiger partial charge in [-0.2, -0.15) is 0 Å². The van der Waals surface area contributed by atoms with Crippen LogP contribution in [-0.2, 0) is 16.0 Å². The molecular formula is C27H23N4O3+. The summed E-state index contributed by atoms with van der Waals surface area (Å²) in [4.78, 5) is 37.1. The number of aromatic nitrogens is 2. The number of ether oxygens (including phenoxy) is 1. The molecule has 1 heterocycles. The second-order valence-electron chi connectivity index (χ2n) is 7.61. The van der Waals surface area contributed by atoms with E-state index in [1.54, 1.807) is 18.3 Å². The van der Waals surface area contributed by atoms with E-state index in [1.165, 1.54) is 13.4 Å². The number of H-pyrrole nitrogens is 1. The predicted molar refractivity (Wildman–Crippen MR) is 131 cm³/mol. The maximum Gasteiger partial charge on any atom is 0.341 e. The van der Waals surface area contributed by atoms with Crippen molar-refractivity contribution in [1.29, 1.82) is 0 Å². The molecule has 34 heavy (non-hydrogen) atoms. The van der Waals surface area contributed by atoms with Gasteiger partial charge in [-0.15, -0.1) is 0 Å². The molecule has 7 heteroatoms. The van der Waals surface area contributed by atoms with Gasteiger partial charge in [0.15, 0.2) is 0 Å². The highest BCUT2D eigenvalue weighted by Gasteiger charge is 2.28. The van der Waals surface area contributed by atoms with Gasteiger partial charge in [-0.05, 0) is 16.0 Å². The van der Waals surface area contributed by atoms with Crippen LogP contribution in [0.15, 0.2) is 85.3 Å². The largest absolute Gasteiger partial charge is 0.467 e. The summed E-state index contributed by atoms with van der Waals surface area (Å²) in [7, 11) is 1.29. The number of nitrogens with one attached hydrogen (secondary N) is 2. The van der Waals surface area contributed by atoms with Gasteiger partial charge in [-0.3, -0.25) is 4.79 Å². The number of carbonyl (C=O) groups excluding carboxylic acids is 2. The molecule has 4 aromatic rings. The zero-order chi connectivity index (χ0) is 23.9. The molecule has 0 spiro atoms. The van der Waals surface area contributed by atoms with Crippen molar-refractivity contribution in [3.05, 3.63) is 101 Å². The zero-order valence-electron chi connectivity index (χ0n) is 18.6. The Morgan fingerprint density at radius 2 is 1.62 bits per heavy atom. The Bertz CT molecular complexity index is 1270. The van der Waals surface area contributed by atoms with Gasteiger partial charge in [0.25, 0.3) is 12.5 Å². The lowest BCUT2D eigenvalue weighted by molar-refractivity contribution is -0.142. The summed E-state index contributed by atoms with van der Waals surface area (Å²) in [6.45, 7) is 5.64.